The lowest BCUT2D eigenvalue weighted by Crippen LogP contribution is -2.48. The van der Waals surface area contributed by atoms with Crippen molar-refractivity contribution in [2.45, 2.75) is 64.1 Å². The number of hydrogen-bond acceptors (Lipinski definition) is 4. The maximum Gasteiger partial charge on any atom is 0.265 e. The van der Waals surface area contributed by atoms with Gasteiger partial charge in [0.1, 0.15) is 4.88 Å². The van der Waals surface area contributed by atoms with E-state index in [0.29, 0.717) is 18.1 Å². The highest BCUT2D eigenvalue weighted by Crippen LogP contribution is 2.30. The van der Waals surface area contributed by atoms with Gasteiger partial charge in [0.05, 0.1) is 10.7 Å². The summed E-state index contributed by atoms with van der Waals surface area (Å²) in [5.74, 6) is 0.158. The normalized spacial score (nSPS) is 27.3. The van der Waals surface area contributed by atoms with Crippen LogP contribution in [-0.4, -0.2) is 41.0 Å². The number of hydrogen-bond donors (Lipinski definition) is 1. The average molecular weight is 330 g/mol. The van der Waals surface area contributed by atoms with E-state index in [0.717, 1.165) is 34.8 Å². The summed E-state index contributed by atoms with van der Waals surface area (Å²) >= 11 is 1.56. The van der Waals surface area contributed by atoms with Crippen molar-refractivity contribution in [1.29, 1.82) is 0 Å². The highest BCUT2D eigenvalue weighted by Gasteiger charge is 2.37. The summed E-state index contributed by atoms with van der Waals surface area (Å²) in [5.41, 5.74) is 0.889. The second-order valence-electron chi connectivity index (χ2n) is 6.05. The Morgan fingerprint density at radius 2 is 2.00 bits per heavy atom. The number of carbonyl (C=O) groups is 1. The Bertz CT molecular complexity index is 507. The van der Waals surface area contributed by atoms with Gasteiger partial charge in [0.15, 0.2) is 0 Å². The highest BCUT2D eigenvalue weighted by molar-refractivity contribution is 7.13. The standard InChI is InChI=1S/C15H23N3OS.ClH/c1-4-13-16-9(2)14(20-13)15(19)18(3)12-7-10-5-6-11(8-12)17-10;/h10-12,17H,4-8H2,1-3H3;1H. The molecule has 3 rings (SSSR count). The molecule has 21 heavy (non-hydrogen) atoms. The van der Waals surface area contributed by atoms with E-state index in [4.69, 9.17) is 0 Å². The molecule has 1 N–H and O–H groups in total. The fourth-order valence-corrected chi connectivity index (χ4v) is 4.46. The summed E-state index contributed by atoms with van der Waals surface area (Å²) in [5, 5.41) is 4.69. The number of aromatic nitrogens is 1. The maximum atomic E-state index is 12.7. The van der Waals surface area contributed by atoms with Crippen LogP contribution in [0.1, 0.15) is 53.0 Å². The van der Waals surface area contributed by atoms with E-state index in [1.54, 1.807) is 11.3 Å². The van der Waals surface area contributed by atoms with E-state index in [2.05, 4.69) is 17.2 Å². The zero-order chi connectivity index (χ0) is 14.3. The minimum absolute atomic E-state index is 0. The third-order valence-electron chi connectivity index (χ3n) is 4.65. The number of carbonyl (C=O) groups excluding carboxylic acids is 1. The van der Waals surface area contributed by atoms with E-state index in [9.17, 15) is 4.79 Å². The third kappa shape index (κ3) is 3.25. The number of fused-ring (bicyclic) bond motifs is 2. The molecule has 2 unspecified atom stereocenters. The van der Waals surface area contributed by atoms with E-state index >= 15 is 0 Å². The molecule has 1 aromatic heterocycles. The highest BCUT2D eigenvalue weighted by atomic mass is 35.5. The molecule has 2 atom stereocenters. The van der Waals surface area contributed by atoms with Gasteiger partial charge in [0.2, 0.25) is 0 Å². The van der Waals surface area contributed by atoms with E-state index in [-0.39, 0.29) is 18.3 Å². The molecule has 1 aromatic rings. The Balaban J connectivity index is 0.00000161. The number of nitrogens with zero attached hydrogens (tertiary/aromatic N) is 2. The average Bonchev–Trinajstić information content (AvgIpc) is 2.99. The minimum atomic E-state index is 0. The molecule has 0 saturated carbocycles. The number of piperidine rings is 1. The fraction of sp³-hybridized carbons (Fsp3) is 0.733. The molecule has 0 aromatic carbocycles. The minimum Gasteiger partial charge on any atom is -0.338 e. The number of amides is 1. The van der Waals surface area contributed by atoms with Crippen LogP contribution >= 0.6 is 23.7 Å². The van der Waals surface area contributed by atoms with Crippen LogP contribution in [0.2, 0.25) is 0 Å². The zero-order valence-corrected chi connectivity index (χ0v) is 14.5. The van der Waals surface area contributed by atoms with Gasteiger partial charge in [-0.1, -0.05) is 6.92 Å². The molecule has 0 spiro atoms. The van der Waals surface area contributed by atoms with Gasteiger partial charge in [-0.05, 0) is 39.0 Å². The zero-order valence-electron chi connectivity index (χ0n) is 12.9. The summed E-state index contributed by atoms with van der Waals surface area (Å²) in [4.78, 5) is 20.0. The Morgan fingerprint density at radius 3 is 2.52 bits per heavy atom. The topological polar surface area (TPSA) is 45.2 Å². The lowest BCUT2D eigenvalue weighted by atomic mass is 9.98. The number of aryl methyl sites for hydroxylation is 2. The lowest BCUT2D eigenvalue weighted by Gasteiger charge is -2.35. The van der Waals surface area contributed by atoms with Crippen molar-refractivity contribution in [1.82, 2.24) is 15.2 Å². The van der Waals surface area contributed by atoms with Crippen molar-refractivity contribution in [3.05, 3.63) is 15.6 Å². The number of halogens is 1. The molecule has 2 bridgehead atoms. The Labute approximate surface area is 136 Å². The second-order valence-corrected chi connectivity index (χ2v) is 7.14. The summed E-state index contributed by atoms with van der Waals surface area (Å²) < 4.78 is 0. The molecule has 2 fully saturated rings. The molecular weight excluding hydrogens is 306 g/mol. The molecule has 2 aliphatic rings. The molecule has 6 heteroatoms. The lowest BCUT2D eigenvalue weighted by molar-refractivity contribution is 0.0685. The smallest absolute Gasteiger partial charge is 0.265 e. The molecule has 0 aliphatic carbocycles. The quantitative estimate of drug-likeness (QED) is 0.927. The van der Waals surface area contributed by atoms with Gasteiger partial charge in [-0.25, -0.2) is 4.98 Å². The fourth-order valence-electron chi connectivity index (χ4n) is 3.47. The first-order valence-corrected chi connectivity index (χ1v) is 8.39. The van der Waals surface area contributed by atoms with Gasteiger partial charge in [0, 0.05) is 25.2 Å². The van der Waals surface area contributed by atoms with Gasteiger partial charge in [0.25, 0.3) is 5.91 Å². The van der Waals surface area contributed by atoms with Gasteiger partial charge in [-0.3, -0.25) is 4.79 Å². The molecule has 3 heterocycles. The van der Waals surface area contributed by atoms with Gasteiger partial charge in [-0.15, -0.1) is 23.7 Å². The van der Waals surface area contributed by atoms with Crippen LogP contribution in [0.5, 0.6) is 0 Å². The summed E-state index contributed by atoms with van der Waals surface area (Å²) in [6.45, 7) is 4.03. The molecule has 118 valence electrons. The first kappa shape index (κ1) is 16.7. The van der Waals surface area contributed by atoms with Crippen molar-refractivity contribution >= 4 is 29.7 Å². The van der Waals surface area contributed by atoms with Crippen LogP contribution in [0, 0.1) is 6.92 Å². The van der Waals surface area contributed by atoms with E-state index < -0.39 is 0 Å². The van der Waals surface area contributed by atoms with Gasteiger partial charge >= 0.3 is 0 Å². The number of rotatable bonds is 3. The maximum absolute atomic E-state index is 12.7. The largest absolute Gasteiger partial charge is 0.338 e. The Morgan fingerprint density at radius 1 is 1.38 bits per heavy atom. The summed E-state index contributed by atoms with van der Waals surface area (Å²) in [7, 11) is 1.96. The Kier molecular flexibility index (Phi) is 5.28. The number of nitrogens with one attached hydrogen (secondary N) is 1. The third-order valence-corrected chi connectivity index (χ3v) is 5.94. The summed E-state index contributed by atoms with van der Waals surface area (Å²) in [6.07, 6.45) is 5.62. The van der Waals surface area contributed by atoms with Crippen molar-refractivity contribution in [2.24, 2.45) is 0 Å². The first-order valence-electron chi connectivity index (χ1n) is 7.58. The van der Waals surface area contributed by atoms with Gasteiger partial charge < -0.3 is 10.2 Å². The second kappa shape index (κ2) is 6.63. The van der Waals surface area contributed by atoms with Crippen molar-refractivity contribution in [3.63, 3.8) is 0 Å². The molecule has 0 radical (unpaired) electrons. The molecule has 1 amide bonds. The first-order chi connectivity index (χ1) is 9.58. The van der Waals surface area contributed by atoms with Crippen molar-refractivity contribution in [2.75, 3.05) is 7.05 Å². The monoisotopic (exact) mass is 329 g/mol. The molecule has 2 saturated heterocycles. The predicted octanol–water partition coefficient (Wildman–Crippen LogP) is 2.79. The van der Waals surface area contributed by atoms with Gasteiger partial charge in [-0.2, -0.15) is 0 Å². The van der Waals surface area contributed by atoms with Crippen LogP contribution in [0.25, 0.3) is 0 Å². The van der Waals surface area contributed by atoms with Crippen LogP contribution in [0.4, 0.5) is 0 Å². The predicted molar refractivity (Wildman–Crippen MR) is 88.5 cm³/mol. The van der Waals surface area contributed by atoms with E-state index in [1.165, 1.54) is 12.8 Å². The molecular formula is C15H24ClN3OS. The molecule has 2 aliphatic heterocycles. The van der Waals surface area contributed by atoms with Crippen molar-refractivity contribution < 1.29 is 4.79 Å². The van der Waals surface area contributed by atoms with Crippen LogP contribution in [-0.2, 0) is 6.42 Å². The summed E-state index contributed by atoms with van der Waals surface area (Å²) in [6, 6.07) is 1.61. The Hall–Kier alpha value is -0.650. The van der Waals surface area contributed by atoms with Crippen LogP contribution in [0.3, 0.4) is 0 Å². The molecule has 4 nitrogen and oxygen atoms in total. The SMILES string of the molecule is CCc1nc(C)c(C(=O)N(C)C2CC3CCC(C2)N3)s1.Cl. The van der Waals surface area contributed by atoms with E-state index in [1.807, 2.05) is 18.9 Å². The van der Waals surface area contributed by atoms with Crippen LogP contribution < -0.4 is 5.32 Å². The van der Waals surface area contributed by atoms with Crippen molar-refractivity contribution in [3.8, 4) is 0 Å². The van der Waals surface area contributed by atoms with Crippen LogP contribution in [0.15, 0.2) is 0 Å². The number of thiazole rings is 1.